The number of aromatic hydroxyl groups is 1. The topological polar surface area (TPSA) is 50.9 Å². The van der Waals surface area contributed by atoms with Gasteiger partial charge in [0.05, 0.1) is 28.0 Å². The predicted octanol–water partition coefficient (Wildman–Crippen LogP) is 15.0. The van der Waals surface area contributed by atoms with E-state index in [1.54, 1.807) is 12.1 Å². The molecule has 300 valence electrons. The average molecular weight is 797 g/mol. The summed E-state index contributed by atoms with van der Waals surface area (Å²) in [6, 6.07) is 56.6. The van der Waals surface area contributed by atoms with Crippen LogP contribution in [0.3, 0.4) is 0 Å². The number of imidazole rings is 1. The third-order valence-corrected chi connectivity index (χ3v) is 11.6. The summed E-state index contributed by atoms with van der Waals surface area (Å²) in [4.78, 5) is 10.4. The van der Waals surface area contributed by atoms with Crippen molar-refractivity contribution in [1.82, 2.24) is 14.5 Å². The minimum atomic E-state index is -2.42. The maximum atomic E-state index is 11.6. The first-order valence-electron chi connectivity index (χ1n) is 22.4. The fraction of sp³-hybridized carbons (Fsp3) is 0.158. The van der Waals surface area contributed by atoms with E-state index in [-0.39, 0.29) is 22.1 Å². The monoisotopic (exact) mass is 796 g/mol. The number of hydrogen-bond donors (Lipinski definition) is 1. The average Bonchev–Trinajstić information content (AvgIpc) is 3.68. The summed E-state index contributed by atoms with van der Waals surface area (Å²) < 4.78 is 28.5. The quantitative estimate of drug-likeness (QED) is 0.175. The molecule has 0 saturated carbocycles. The Morgan fingerprint density at radius 3 is 1.82 bits per heavy atom. The molecule has 4 nitrogen and oxygen atoms in total. The summed E-state index contributed by atoms with van der Waals surface area (Å²) in [5, 5.41) is 11.6. The highest BCUT2D eigenvalue weighted by Crippen LogP contribution is 2.43. The second-order valence-corrected chi connectivity index (χ2v) is 17.9. The van der Waals surface area contributed by atoms with Crippen molar-refractivity contribution in [3.8, 4) is 78.6 Å². The Morgan fingerprint density at radius 1 is 0.492 bits per heavy atom. The van der Waals surface area contributed by atoms with Crippen LogP contribution in [-0.4, -0.2) is 19.6 Å². The first-order chi connectivity index (χ1) is 30.5. The number of para-hydroxylation sites is 2. The molecule has 0 fully saturated rings. The van der Waals surface area contributed by atoms with Crippen molar-refractivity contribution >= 4 is 11.0 Å². The van der Waals surface area contributed by atoms with Gasteiger partial charge in [0, 0.05) is 27.0 Å². The van der Waals surface area contributed by atoms with Gasteiger partial charge >= 0.3 is 0 Å². The highest BCUT2D eigenvalue weighted by Gasteiger charge is 2.25. The first-order valence-corrected chi connectivity index (χ1v) is 20.9. The molecule has 0 aliphatic carbocycles. The van der Waals surface area contributed by atoms with Crippen molar-refractivity contribution in [2.24, 2.45) is 0 Å². The number of nitrogens with zero attached hydrogens (tertiary/aromatic N) is 3. The Balaban J connectivity index is 1.35. The molecule has 7 aromatic carbocycles. The molecule has 1 N–H and O–H groups in total. The van der Waals surface area contributed by atoms with Crippen molar-refractivity contribution < 1.29 is 9.22 Å². The fourth-order valence-corrected chi connectivity index (χ4v) is 8.19. The summed E-state index contributed by atoms with van der Waals surface area (Å²) in [7, 11) is 0. The molecule has 2 heterocycles. The summed E-state index contributed by atoms with van der Waals surface area (Å²) >= 11 is 0. The largest absolute Gasteiger partial charge is 0.507 e. The molecular formula is C57H51N3O. The van der Waals surface area contributed by atoms with Gasteiger partial charge in [0.25, 0.3) is 0 Å². The number of benzene rings is 7. The van der Waals surface area contributed by atoms with Crippen molar-refractivity contribution in [2.45, 2.75) is 59.2 Å². The van der Waals surface area contributed by atoms with Crippen LogP contribution in [0.15, 0.2) is 176 Å². The number of phenols is 1. The third kappa shape index (κ3) is 7.66. The molecule has 9 rings (SSSR count). The highest BCUT2D eigenvalue weighted by atomic mass is 16.3. The van der Waals surface area contributed by atoms with Crippen LogP contribution in [0.1, 0.15) is 62.3 Å². The van der Waals surface area contributed by atoms with E-state index < -0.39 is 6.85 Å². The van der Waals surface area contributed by atoms with Crippen LogP contribution in [0.2, 0.25) is 0 Å². The van der Waals surface area contributed by atoms with E-state index in [1.165, 1.54) is 5.56 Å². The Labute approximate surface area is 364 Å². The van der Waals surface area contributed by atoms with Crippen LogP contribution in [0.25, 0.3) is 83.9 Å². The number of fused-ring (bicyclic) bond motifs is 1. The van der Waals surface area contributed by atoms with Gasteiger partial charge in [-0.1, -0.05) is 157 Å². The normalized spacial score (nSPS) is 12.9. The lowest BCUT2D eigenvalue weighted by Crippen LogP contribution is -2.11. The molecule has 0 amide bonds. The number of pyridine rings is 1. The van der Waals surface area contributed by atoms with Gasteiger partial charge in [-0.3, -0.25) is 9.55 Å². The van der Waals surface area contributed by atoms with E-state index in [9.17, 15) is 5.11 Å². The van der Waals surface area contributed by atoms with Crippen molar-refractivity contribution in [1.29, 1.82) is 0 Å². The van der Waals surface area contributed by atoms with Crippen molar-refractivity contribution in [3.63, 3.8) is 0 Å². The van der Waals surface area contributed by atoms with Gasteiger partial charge in [-0.2, -0.15) is 0 Å². The molecule has 4 heteroatoms. The summed E-state index contributed by atoms with van der Waals surface area (Å²) in [6.45, 7) is 10.8. The smallest absolute Gasteiger partial charge is 0.149 e. The lowest BCUT2D eigenvalue weighted by molar-refractivity contribution is 0.477. The molecule has 2 aromatic heterocycles. The van der Waals surface area contributed by atoms with Crippen LogP contribution in [0.5, 0.6) is 5.75 Å². The fourth-order valence-electron chi connectivity index (χ4n) is 8.19. The molecule has 0 unspecified atom stereocenters. The first kappa shape index (κ1) is 35.9. The van der Waals surface area contributed by atoms with Gasteiger partial charge in [0.15, 0.2) is 0 Å². The van der Waals surface area contributed by atoms with Crippen LogP contribution in [0.4, 0.5) is 0 Å². The van der Waals surface area contributed by atoms with E-state index in [4.69, 9.17) is 14.1 Å². The van der Waals surface area contributed by atoms with E-state index >= 15 is 0 Å². The zero-order valence-corrected chi connectivity index (χ0v) is 35.5. The Kier molecular flexibility index (Phi) is 9.13. The lowest BCUT2D eigenvalue weighted by atomic mass is 9.83. The molecule has 0 atom stereocenters. The summed E-state index contributed by atoms with van der Waals surface area (Å²) in [6.07, 6.45) is 1.87. The number of phenolic OH excluding ortho intramolecular Hbond substituents is 1. The SMILES string of the molecule is [2H]C([2H])([2H])c1cc(-c2ccc(C(C)(C)C)cc2)c(-n2c(-c3ccccc3O)nc3c(-c4cc(-c5cc(-c6ccccc6)ccn5)cc(C(C)(C)C)c4)cccc32)cc1-c1ccccc1. The Hall–Kier alpha value is -7.04. The van der Waals surface area contributed by atoms with Gasteiger partial charge in [-0.05, 0) is 122 Å². The van der Waals surface area contributed by atoms with Crippen LogP contribution in [-0.2, 0) is 10.8 Å². The maximum Gasteiger partial charge on any atom is 0.149 e. The van der Waals surface area contributed by atoms with Gasteiger partial charge in [-0.15, -0.1) is 0 Å². The van der Waals surface area contributed by atoms with Crippen LogP contribution < -0.4 is 0 Å². The zero-order valence-electron chi connectivity index (χ0n) is 38.5. The minimum absolute atomic E-state index is 0.0811. The van der Waals surface area contributed by atoms with Crippen molar-refractivity contribution in [2.75, 3.05) is 0 Å². The second kappa shape index (κ2) is 15.5. The van der Waals surface area contributed by atoms with Gasteiger partial charge in [0.2, 0.25) is 0 Å². The molecule has 61 heavy (non-hydrogen) atoms. The molecule has 0 bridgehead atoms. The van der Waals surface area contributed by atoms with Gasteiger partial charge in [0.1, 0.15) is 11.6 Å². The molecule has 9 aromatic rings. The maximum absolute atomic E-state index is 11.6. The summed E-state index contributed by atoms with van der Waals surface area (Å²) in [5.74, 6) is 0.610. The zero-order chi connectivity index (χ0) is 45.0. The third-order valence-electron chi connectivity index (χ3n) is 11.6. The molecule has 0 saturated heterocycles. The number of aromatic nitrogens is 3. The lowest BCUT2D eigenvalue weighted by Gasteiger charge is -2.22. The number of aryl methyl sites for hydroxylation is 1. The van der Waals surface area contributed by atoms with Crippen LogP contribution >= 0.6 is 0 Å². The Morgan fingerprint density at radius 2 is 1.13 bits per heavy atom. The minimum Gasteiger partial charge on any atom is -0.507 e. The van der Waals surface area contributed by atoms with E-state index in [0.717, 1.165) is 72.5 Å². The molecular weight excluding hydrogens is 743 g/mol. The predicted molar refractivity (Wildman–Crippen MR) is 255 cm³/mol. The number of rotatable bonds is 7. The van der Waals surface area contributed by atoms with E-state index in [2.05, 4.69) is 125 Å². The van der Waals surface area contributed by atoms with Gasteiger partial charge in [-0.25, -0.2) is 4.98 Å². The van der Waals surface area contributed by atoms with Gasteiger partial charge < -0.3 is 5.11 Å². The second-order valence-electron chi connectivity index (χ2n) is 17.9. The molecule has 0 aliphatic heterocycles. The molecule has 0 aliphatic rings. The Bertz CT molecular complexity index is 3160. The molecule has 0 radical (unpaired) electrons. The van der Waals surface area contributed by atoms with Crippen molar-refractivity contribution in [3.05, 3.63) is 193 Å². The highest BCUT2D eigenvalue weighted by molar-refractivity contribution is 5.98. The van der Waals surface area contributed by atoms with E-state index in [1.807, 2.05) is 85.1 Å². The standard InChI is InChI=1S/C57H51N3O/c1-37-31-49(40-25-27-44(28-26-40)56(2,3)4)52(36-48(37)39-19-12-9-13-20-39)60-51-23-16-22-46(54(51)59-55(60)47-21-14-15-24-53(47)61)42-32-43(34-45(33-42)57(5,6)7)50-35-41(29-30-58-50)38-17-10-8-11-18-38/h8-36,61H,1-7H3/i1D3. The molecule has 0 spiro atoms. The van der Waals surface area contributed by atoms with E-state index in [0.29, 0.717) is 17.0 Å². The van der Waals surface area contributed by atoms with Crippen LogP contribution in [0, 0.1) is 6.85 Å². The summed E-state index contributed by atoms with van der Waals surface area (Å²) in [5.41, 5.74) is 14.1. The number of hydrogen-bond acceptors (Lipinski definition) is 3.